The van der Waals surface area contributed by atoms with Crippen LogP contribution in [0, 0.1) is 13.8 Å². The molecule has 2 N–H and O–H groups in total. The van der Waals surface area contributed by atoms with Crippen LogP contribution in [0.3, 0.4) is 0 Å². The molecule has 5 aromatic rings. The van der Waals surface area contributed by atoms with Crippen molar-refractivity contribution in [3.05, 3.63) is 84.1 Å². The van der Waals surface area contributed by atoms with Gasteiger partial charge in [-0.05, 0) is 61.7 Å². The zero-order valence-electron chi connectivity index (χ0n) is 21.9. The molecular weight excluding hydrogens is 474 g/mol. The first-order valence-corrected chi connectivity index (χ1v) is 13.0. The van der Waals surface area contributed by atoms with Gasteiger partial charge in [-0.2, -0.15) is 0 Å². The zero-order valence-corrected chi connectivity index (χ0v) is 21.9. The highest BCUT2D eigenvalue weighted by Crippen LogP contribution is 2.29. The van der Waals surface area contributed by atoms with Crippen molar-refractivity contribution in [2.24, 2.45) is 0 Å². The summed E-state index contributed by atoms with van der Waals surface area (Å²) in [4.78, 5) is 20.9. The maximum Gasteiger partial charge on any atom is 0.225 e. The molecule has 6 rings (SSSR count). The summed E-state index contributed by atoms with van der Waals surface area (Å²) in [6.07, 6.45) is 5.62. The number of hydrogen-bond acceptors (Lipinski definition) is 8. The molecular formula is C30H31N7O. The van der Waals surface area contributed by atoms with Crippen LogP contribution in [-0.4, -0.2) is 46.1 Å². The first-order chi connectivity index (χ1) is 18.5. The maximum atomic E-state index is 5.61. The fraction of sp³-hybridized carbons (Fsp3) is 0.267. The highest BCUT2D eigenvalue weighted by Gasteiger charge is 2.14. The Hall–Kier alpha value is -4.30. The molecule has 0 bridgehead atoms. The van der Waals surface area contributed by atoms with E-state index in [1.54, 1.807) is 6.26 Å². The van der Waals surface area contributed by atoms with Gasteiger partial charge in [0.15, 0.2) is 0 Å². The number of rotatable bonds is 6. The number of aromatic nitrogens is 4. The lowest BCUT2D eigenvalue weighted by molar-refractivity contribution is 0.580. The molecule has 0 amide bonds. The van der Waals surface area contributed by atoms with E-state index in [0.717, 1.165) is 88.3 Å². The lowest BCUT2D eigenvalue weighted by Crippen LogP contribution is -2.44. The van der Waals surface area contributed by atoms with Crippen LogP contribution in [-0.2, 0) is 0 Å². The Morgan fingerprint density at radius 2 is 1.74 bits per heavy atom. The van der Waals surface area contributed by atoms with Crippen LogP contribution in [0.2, 0.25) is 0 Å². The summed E-state index contributed by atoms with van der Waals surface area (Å²) in [7, 11) is 0. The normalized spacial score (nSPS) is 14.6. The van der Waals surface area contributed by atoms with Gasteiger partial charge in [0.05, 0.1) is 12.0 Å². The average Bonchev–Trinajstić information content (AvgIpc) is 3.33. The van der Waals surface area contributed by atoms with Gasteiger partial charge in [-0.25, -0.2) is 19.9 Å². The molecule has 0 aliphatic carbocycles. The van der Waals surface area contributed by atoms with E-state index in [1.165, 1.54) is 0 Å². The molecule has 0 radical (unpaired) electrons. The summed E-state index contributed by atoms with van der Waals surface area (Å²) in [5, 5.41) is 8.03. The average molecular weight is 506 g/mol. The van der Waals surface area contributed by atoms with E-state index in [1.807, 2.05) is 37.5 Å². The fourth-order valence-electron chi connectivity index (χ4n) is 4.90. The summed E-state index contributed by atoms with van der Waals surface area (Å²) in [6, 6.07) is 16.7. The molecule has 8 heteroatoms. The summed E-state index contributed by atoms with van der Waals surface area (Å²) < 4.78 is 5.61. The van der Waals surface area contributed by atoms with Gasteiger partial charge < -0.3 is 20.0 Å². The number of hydrogen-bond donors (Lipinski definition) is 2. The quantitative estimate of drug-likeness (QED) is 0.311. The van der Waals surface area contributed by atoms with Gasteiger partial charge in [0, 0.05) is 67.2 Å². The predicted molar refractivity (Wildman–Crippen MR) is 151 cm³/mol. The molecule has 0 unspecified atom stereocenters. The minimum atomic E-state index is 0.0386. The number of piperazine rings is 1. The number of anilines is 2. The van der Waals surface area contributed by atoms with E-state index >= 15 is 0 Å². The molecule has 8 nitrogen and oxygen atoms in total. The lowest BCUT2D eigenvalue weighted by Gasteiger charge is -2.27. The highest BCUT2D eigenvalue weighted by molar-refractivity contribution is 5.85. The van der Waals surface area contributed by atoms with Gasteiger partial charge in [0.1, 0.15) is 17.2 Å². The molecule has 1 saturated heterocycles. The second-order valence-electron chi connectivity index (χ2n) is 9.82. The number of fused-ring (bicyclic) bond motifs is 1. The van der Waals surface area contributed by atoms with Crippen LogP contribution >= 0.6 is 0 Å². The molecule has 1 aliphatic heterocycles. The van der Waals surface area contributed by atoms with E-state index in [9.17, 15) is 0 Å². The Morgan fingerprint density at radius 3 is 2.55 bits per heavy atom. The molecule has 38 heavy (non-hydrogen) atoms. The molecule has 0 saturated carbocycles. The minimum absolute atomic E-state index is 0.0386. The molecule has 1 fully saturated rings. The fourth-order valence-corrected chi connectivity index (χ4v) is 4.90. The zero-order chi connectivity index (χ0) is 26.1. The largest absolute Gasteiger partial charge is 0.464 e. The molecule has 4 heterocycles. The number of furan rings is 1. The molecule has 1 aliphatic rings. The summed E-state index contributed by atoms with van der Waals surface area (Å²) in [5.41, 5.74) is 7.16. The summed E-state index contributed by atoms with van der Waals surface area (Å²) >= 11 is 0. The van der Waals surface area contributed by atoms with Crippen LogP contribution in [0.4, 0.5) is 11.8 Å². The summed E-state index contributed by atoms with van der Waals surface area (Å²) in [6.45, 7) is 9.90. The van der Waals surface area contributed by atoms with E-state index in [-0.39, 0.29) is 6.04 Å². The Morgan fingerprint density at radius 1 is 0.921 bits per heavy atom. The predicted octanol–water partition coefficient (Wildman–Crippen LogP) is 5.55. The monoisotopic (exact) mass is 505 g/mol. The number of aryl methyl sites for hydroxylation is 2. The van der Waals surface area contributed by atoms with E-state index < -0.39 is 0 Å². The third-order valence-corrected chi connectivity index (χ3v) is 7.02. The van der Waals surface area contributed by atoms with Crippen molar-refractivity contribution >= 4 is 22.7 Å². The van der Waals surface area contributed by atoms with Crippen molar-refractivity contribution in [2.75, 3.05) is 36.4 Å². The van der Waals surface area contributed by atoms with Crippen molar-refractivity contribution in [1.82, 2.24) is 25.3 Å². The van der Waals surface area contributed by atoms with E-state index in [0.29, 0.717) is 0 Å². The number of nitrogens with one attached hydrogen (secondary N) is 2. The second-order valence-corrected chi connectivity index (χ2v) is 9.82. The van der Waals surface area contributed by atoms with Crippen LogP contribution in [0.25, 0.3) is 33.4 Å². The molecule has 192 valence electrons. The van der Waals surface area contributed by atoms with Crippen molar-refractivity contribution in [3.63, 3.8) is 0 Å². The second kappa shape index (κ2) is 10.2. The molecule has 0 spiro atoms. The van der Waals surface area contributed by atoms with Crippen molar-refractivity contribution < 1.29 is 4.42 Å². The Labute approximate surface area is 222 Å². The van der Waals surface area contributed by atoms with Gasteiger partial charge in [0.2, 0.25) is 5.95 Å². The number of benzene rings is 2. The van der Waals surface area contributed by atoms with Gasteiger partial charge in [-0.1, -0.05) is 18.2 Å². The van der Waals surface area contributed by atoms with Crippen LogP contribution < -0.4 is 15.5 Å². The Kier molecular flexibility index (Phi) is 6.47. The Bertz CT molecular complexity index is 1570. The first-order valence-electron chi connectivity index (χ1n) is 13.0. The lowest BCUT2D eigenvalue weighted by atomic mass is 10.0. The third kappa shape index (κ3) is 4.95. The summed E-state index contributed by atoms with van der Waals surface area (Å²) in [5.74, 6) is 2.30. The molecule has 2 aromatic carbocycles. The topological polar surface area (TPSA) is 92.0 Å². The Balaban J connectivity index is 1.21. The minimum Gasteiger partial charge on any atom is -0.464 e. The molecule has 1 atom stereocenters. The van der Waals surface area contributed by atoms with Crippen molar-refractivity contribution in [3.8, 4) is 22.4 Å². The van der Waals surface area contributed by atoms with Crippen molar-refractivity contribution in [2.45, 2.75) is 26.8 Å². The van der Waals surface area contributed by atoms with Gasteiger partial charge >= 0.3 is 0 Å². The van der Waals surface area contributed by atoms with E-state index in [2.05, 4.69) is 74.7 Å². The SMILES string of the molecule is Cc1nc(N[C@@H](C)c2cccc(-c3cnc(N4CCNCC4)nc3)c2)cc(-c2ccc3occ(C)c3c2)n1. The first kappa shape index (κ1) is 24.1. The molecule has 3 aromatic heterocycles. The van der Waals surface area contributed by atoms with Gasteiger partial charge in [-0.15, -0.1) is 0 Å². The van der Waals surface area contributed by atoms with Gasteiger partial charge in [0.25, 0.3) is 0 Å². The van der Waals surface area contributed by atoms with E-state index in [4.69, 9.17) is 9.40 Å². The third-order valence-electron chi connectivity index (χ3n) is 7.02. The van der Waals surface area contributed by atoms with Crippen LogP contribution in [0.5, 0.6) is 0 Å². The van der Waals surface area contributed by atoms with Crippen LogP contribution in [0.15, 0.2) is 71.6 Å². The standard InChI is InChI=1S/C30H31N7O/c1-19-18-38-28-8-7-24(14-26(19)28)27-15-29(36-21(3)35-27)34-20(2)22-5-4-6-23(13-22)25-16-32-30(33-17-25)37-11-9-31-10-12-37/h4-8,13-18,20,31H,9-12H2,1-3H3,(H,34,35,36)/t20-/m0/s1. The maximum absolute atomic E-state index is 5.61. The highest BCUT2D eigenvalue weighted by atomic mass is 16.3. The number of nitrogens with zero attached hydrogens (tertiary/aromatic N) is 5. The van der Waals surface area contributed by atoms with Crippen molar-refractivity contribution in [1.29, 1.82) is 0 Å². The smallest absolute Gasteiger partial charge is 0.225 e. The van der Waals surface area contributed by atoms with Crippen LogP contribution in [0.1, 0.15) is 29.9 Å². The van der Waals surface area contributed by atoms with Gasteiger partial charge in [-0.3, -0.25) is 0 Å².